The van der Waals surface area contributed by atoms with Crippen molar-refractivity contribution in [3.8, 4) is 5.75 Å². The van der Waals surface area contributed by atoms with Crippen molar-refractivity contribution in [2.24, 2.45) is 0 Å². The van der Waals surface area contributed by atoms with Crippen molar-refractivity contribution >= 4 is 51.0 Å². The van der Waals surface area contributed by atoms with Crippen LogP contribution in [0, 0.1) is 0 Å². The molecule has 0 spiro atoms. The lowest BCUT2D eigenvalue weighted by molar-refractivity contribution is -0.147. The number of carbonyl (C=O) groups excluding carboxylic acids is 3. The van der Waals surface area contributed by atoms with Crippen LogP contribution >= 0.6 is 28.1 Å². The molecule has 2 N–H and O–H groups in total. The molecule has 0 radical (unpaired) electrons. The number of carbonyl (C=O) groups is 3. The van der Waals surface area contributed by atoms with Crippen LogP contribution in [-0.4, -0.2) is 60.1 Å². The molecular weight excluding hydrogens is 594 g/mol. The van der Waals surface area contributed by atoms with E-state index in [1.54, 1.807) is 17.0 Å². The zero-order valence-corrected chi connectivity index (χ0v) is 26.5. The second-order valence-electron chi connectivity index (χ2n) is 10.2. The molecule has 1 atom stereocenters. The zero-order valence-electron chi connectivity index (χ0n) is 24.1. The topological polar surface area (TPSA) is 97.0 Å². The highest BCUT2D eigenvalue weighted by Crippen LogP contribution is 2.24. The number of nitrogens with one attached hydrogen (secondary N) is 2. The molecule has 1 aliphatic rings. The van der Waals surface area contributed by atoms with Crippen LogP contribution in [-0.2, 0) is 14.3 Å². The van der Waals surface area contributed by atoms with Crippen molar-refractivity contribution in [3.63, 3.8) is 0 Å². The summed E-state index contributed by atoms with van der Waals surface area (Å²) in [6, 6.07) is 4.41. The molecule has 0 bridgehead atoms. The fourth-order valence-electron chi connectivity index (χ4n) is 4.55. The third kappa shape index (κ3) is 12.5. The number of amides is 2. The summed E-state index contributed by atoms with van der Waals surface area (Å²) < 4.78 is 12.0. The molecule has 1 heterocycles. The van der Waals surface area contributed by atoms with E-state index in [1.807, 2.05) is 6.07 Å². The van der Waals surface area contributed by atoms with Crippen LogP contribution in [0.3, 0.4) is 0 Å². The predicted octanol–water partition coefficient (Wildman–Crippen LogP) is 6.30. The van der Waals surface area contributed by atoms with Gasteiger partial charge in [0.15, 0.2) is 5.11 Å². The molecule has 224 valence electrons. The van der Waals surface area contributed by atoms with Gasteiger partial charge in [-0.15, -0.1) is 0 Å². The summed E-state index contributed by atoms with van der Waals surface area (Å²) in [7, 11) is 0. The van der Waals surface area contributed by atoms with Gasteiger partial charge in [0.2, 0.25) is 5.91 Å². The molecule has 8 nitrogen and oxygen atoms in total. The zero-order chi connectivity index (χ0) is 29.2. The number of hydrogen-bond donors (Lipinski definition) is 2. The van der Waals surface area contributed by atoms with Gasteiger partial charge < -0.3 is 19.7 Å². The molecule has 1 fully saturated rings. The van der Waals surface area contributed by atoms with Gasteiger partial charge in [0.05, 0.1) is 25.2 Å². The minimum absolute atomic E-state index is 0.0922. The summed E-state index contributed by atoms with van der Waals surface area (Å²) in [6.45, 7) is 5.95. The molecule has 1 saturated heterocycles. The Morgan fingerprint density at radius 3 is 2.33 bits per heavy atom. The minimum atomic E-state index is -0.843. The summed E-state index contributed by atoms with van der Waals surface area (Å²) in [5.41, 5.74) is 0.343. The van der Waals surface area contributed by atoms with E-state index in [9.17, 15) is 14.4 Å². The Morgan fingerprint density at radius 1 is 1.00 bits per heavy atom. The van der Waals surface area contributed by atoms with Gasteiger partial charge in [0, 0.05) is 17.6 Å². The summed E-state index contributed by atoms with van der Waals surface area (Å²) in [6.07, 6.45) is 13.4. The van der Waals surface area contributed by atoms with Crippen molar-refractivity contribution < 1.29 is 23.9 Å². The second kappa shape index (κ2) is 19.8. The smallest absolute Gasteiger partial charge is 0.308 e. The van der Waals surface area contributed by atoms with E-state index in [2.05, 4.69) is 40.4 Å². The first-order valence-corrected chi connectivity index (χ1v) is 16.0. The molecule has 0 aliphatic carbocycles. The number of benzene rings is 1. The molecular formula is C30H46BrN3O5S. The lowest BCUT2D eigenvalue weighted by atomic mass is 10.1. The van der Waals surface area contributed by atoms with Crippen LogP contribution in [0.4, 0.5) is 0 Å². The third-order valence-corrected chi connectivity index (χ3v) is 7.70. The molecule has 1 unspecified atom stereocenters. The molecule has 0 saturated carbocycles. The fourth-order valence-corrected chi connectivity index (χ4v) is 5.22. The van der Waals surface area contributed by atoms with Crippen LogP contribution in [0.5, 0.6) is 5.75 Å². The Kier molecular flexibility index (Phi) is 16.8. The van der Waals surface area contributed by atoms with Gasteiger partial charge in [-0.3, -0.25) is 19.7 Å². The number of hydrogen-bond acceptors (Lipinski definition) is 6. The average Bonchev–Trinajstić information content (AvgIpc) is 2.93. The van der Waals surface area contributed by atoms with E-state index >= 15 is 0 Å². The Labute approximate surface area is 253 Å². The Morgan fingerprint density at radius 2 is 1.62 bits per heavy atom. The van der Waals surface area contributed by atoms with Crippen molar-refractivity contribution in [2.45, 2.75) is 103 Å². The largest absolute Gasteiger partial charge is 0.493 e. The Bertz CT molecular complexity index is 961. The molecule has 2 amide bonds. The first-order valence-electron chi connectivity index (χ1n) is 14.8. The van der Waals surface area contributed by atoms with E-state index < -0.39 is 17.9 Å². The third-order valence-electron chi connectivity index (χ3n) is 6.87. The predicted molar refractivity (Wildman–Crippen MR) is 166 cm³/mol. The minimum Gasteiger partial charge on any atom is -0.493 e. The van der Waals surface area contributed by atoms with E-state index in [0.29, 0.717) is 37.6 Å². The number of esters is 1. The highest BCUT2D eigenvalue weighted by Gasteiger charge is 2.34. The van der Waals surface area contributed by atoms with Crippen LogP contribution < -0.4 is 15.4 Å². The molecule has 1 aromatic carbocycles. The summed E-state index contributed by atoms with van der Waals surface area (Å²) >= 11 is 8.95. The monoisotopic (exact) mass is 639 g/mol. The maximum atomic E-state index is 13.2. The average molecular weight is 641 g/mol. The number of piperazine rings is 1. The van der Waals surface area contributed by atoms with Crippen molar-refractivity contribution in [1.29, 1.82) is 0 Å². The maximum absolute atomic E-state index is 13.2. The standard InChI is InChI=1S/C30H46BrN3O5S/c1-3-5-7-9-10-11-12-14-20-39-27(35)22-25-29(37)32-17-18-34(25)30(40)33-28(36)24-21-23(31)15-16-26(24)38-19-13-8-6-4-2/h15-16,21,25H,3-14,17-20,22H2,1-2H3,(H,32,37)(H,33,36,40). The normalized spacial score (nSPS) is 14.9. The Balaban J connectivity index is 1.88. The quantitative estimate of drug-likeness (QED) is 0.111. The first kappa shape index (κ1) is 34.0. The van der Waals surface area contributed by atoms with E-state index in [1.165, 1.54) is 32.1 Å². The van der Waals surface area contributed by atoms with Crippen LogP contribution in [0.25, 0.3) is 0 Å². The lowest BCUT2D eigenvalue weighted by Gasteiger charge is -2.36. The number of ether oxygens (including phenoxy) is 2. The highest BCUT2D eigenvalue weighted by molar-refractivity contribution is 9.10. The van der Waals surface area contributed by atoms with E-state index in [-0.39, 0.29) is 17.4 Å². The lowest BCUT2D eigenvalue weighted by Crippen LogP contribution is -2.60. The van der Waals surface area contributed by atoms with Crippen LogP contribution in [0.1, 0.15) is 108 Å². The molecule has 40 heavy (non-hydrogen) atoms. The summed E-state index contributed by atoms with van der Waals surface area (Å²) in [4.78, 5) is 40.0. The number of rotatable bonds is 18. The number of unbranched alkanes of at least 4 members (excludes halogenated alkanes) is 10. The van der Waals surface area contributed by atoms with Crippen molar-refractivity contribution in [3.05, 3.63) is 28.2 Å². The molecule has 1 aliphatic heterocycles. The number of halogens is 1. The van der Waals surface area contributed by atoms with E-state index in [4.69, 9.17) is 21.7 Å². The molecule has 1 aromatic rings. The van der Waals surface area contributed by atoms with Crippen molar-refractivity contribution in [2.75, 3.05) is 26.3 Å². The summed E-state index contributed by atoms with van der Waals surface area (Å²) in [5.74, 6) is -0.727. The van der Waals surface area contributed by atoms with Gasteiger partial charge in [0.25, 0.3) is 5.91 Å². The van der Waals surface area contributed by atoms with E-state index in [0.717, 1.165) is 49.4 Å². The van der Waals surface area contributed by atoms with Gasteiger partial charge in [-0.1, -0.05) is 94.0 Å². The van der Waals surface area contributed by atoms with Gasteiger partial charge in [-0.25, -0.2) is 0 Å². The summed E-state index contributed by atoms with van der Waals surface area (Å²) in [5, 5.41) is 5.61. The van der Waals surface area contributed by atoms with Gasteiger partial charge in [-0.2, -0.15) is 0 Å². The Hall–Kier alpha value is -2.20. The maximum Gasteiger partial charge on any atom is 0.308 e. The van der Waals surface area contributed by atoms with Gasteiger partial charge in [0.1, 0.15) is 11.8 Å². The second-order valence-corrected chi connectivity index (χ2v) is 11.5. The molecule has 2 rings (SSSR count). The molecule has 10 heteroatoms. The van der Waals surface area contributed by atoms with Crippen LogP contribution in [0.15, 0.2) is 22.7 Å². The fraction of sp³-hybridized carbons (Fsp3) is 0.667. The van der Waals surface area contributed by atoms with Gasteiger partial charge in [-0.05, 0) is 43.3 Å². The number of nitrogens with zero attached hydrogens (tertiary/aromatic N) is 1. The first-order chi connectivity index (χ1) is 19.4. The van der Waals surface area contributed by atoms with Gasteiger partial charge >= 0.3 is 5.97 Å². The van der Waals surface area contributed by atoms with Crippen LogP contribution in [0.2, 0.25) is 0 Å². The highest BCUT2D eigenvalue weighted by atomic mass is 79.9. The molecule has 0 aromatic heterocycles. The SMILES string of the molecule is CCCCCCCCCCOC(=O)CC1C(=O)NCCN1C(=S)NC(=O)c1cc(Br)ccc1OCCCCCC. The number of thiocarbonyl (C=S) groups is 1. The van der Waals surface area contributed by atoms with Crippen molar-refractivity contribution in [1.82, 2.24) is 15.5 Å².